The van der Waals surface area contributed by atoms with E-state index >= 15 is 0 Å². The maximum Gasteiger partial charge on any atom is 0.233 e. The number of hydrogen-bond acceptors (Lipinski definition) is 7. The lowest BCUT2D eigenvalue weighted by molar-refractivity contribution is -0.128. The Kier molecular flexibility index (Phi) is 5.83. The topological polar surface area (TPSA) is 76.8 Å². The fourth-order valence-corrected chi connectivity index (χ4v) is 5.01. The number of aryl methyl sites for hydroxylation is 2. The van der Waals surface area contributed by atoms with Gasteiger partial charge in [0.15, 0.2) is 0 Å². The number of hydrogen-bond donors (Lipinski definition) is 0. The molecule has 0 aliphatic carbocycles. The van der Waals surface area contributed by atoms with Crippen LogP contribution in [0, 0.1) is 13.8 Å². The van der Waals surface area contributed by atoms with Gasteiger partial charge in [0, 0.05) is 7.05 Å². The number of fused-ring (bicyclic) bond motifs is 1. The van der Waals surface area contributed by atoms with Crippen molar-refractivity contribution < 1.29 is 4.79 Å². The zero-order valence-electron chi connectivity index (χ0n) is 17.2. The maximum absolute atomic E-state index is 12.8. The second-order valence-electron chi connectivity index (χ2n) is 7.15. The Labute approximate surface area is 183 Å². The number of thiazole rings is 1. The number of para-hydroxylation sites is 1. The van der Waals surface area contributed by atoms with Gasteiger partial charge < -0.3 is 4.90 Å². The number of aromatic nitrogens is 5. The molecule has 0 bridgehead atoms. The van der Waals surface area contributed by atoms with Crippen LogP contribution in [0.2, 0.25) is 0 Å². The van der Waals surface area contributed by atoms with Crippen molar-refractivity contribution in [1.29, 1.82) is 0 Å². The van der Waals surface area contributed by atoms with Gasteiger partial charge in [0.25, 0.3) is 0 Å². The van der Waals surface area contributed by atoms with Gasteiger partial charge in [-0.15, -0.1) is 16.4 Å². The van der Waals surface area contributed by atoms with Crippen LogP contribution in [-0.2, 0) is 4.79 Å². The molecule has 2 heterocycles. The summed E-state index contributed by atoms with van der Waals surface area (Å²) in [5.74, 6) is 0.249. The molecule has 0 N–H and O–H groups in total. The number of benzene rings is 2. The van der Waals surface area contributed by atoms with Gasteiger partial charge >= 0.3 is 0 Å². The summed E-state index contributed by atoms with van der Waals surface area (Å²) in [7, 11) is 1.81. The first kappa shape index (κ1) is 20.5. The van der Waals surface area contributed by atoms with Crippen LogP contribution in [0.15, 0.2) is 47.6 Å². The van der Waals surface area contributed by atoms with Crippen LogP contribution < -0.4 is 0 Å². The summed E-state index contributed by atoms with van der Waals surface area (Å²) in [5.41, 5.74) is 4.14. The minimum atomic E-state index is -0.106. The standard InChI is InChI=1S/C21H22N6OS2/c1-13-9-10-17(14(2)11-13)27-21(23-24-25-27)29-12-19(28)26(4)15(3)20-22-16-7-5-6-8-18(16)30-20/h5-11,15H,12H2,1-4H3/t15-/m1/s1. The number of thioether (sulfide) groups is 1. The highest BCUT2D eigenvalue weighted by Crippen LogP contribution is 2.29. The molecule has 0 spiro atoms. The highest BCUT2D eigenvalue weighted by Gasteiger charge is 2.22. The average Bonchev–Trinajstić information content (AvgIpc) is 3.37. The van der Waals surface area contributed by atoms with Gasteiger partial charge in [-0.1, -0.05) is 41.6 Å². The minimum absolute atomic E-state index is 0.00179. The van der Waals surface area contributed by atoms with Gasteiger partial charge in [-0.05, 0) is 55.0 Å². The first-order valence-electron chi connectivity index (χ1n) is 9.54. The number of tetrazole rings is 1. The Morgan fingerprint density at radius 3 is 2.80 bits per heavy atom. The molecular weight excluding hydrogens is 416 g/mol. The summed E-state index contributed by atoms with van der Waals surface area (Å²) in [6.45, 7) is 6.07. The summed E-state index contributed by atoms with van der Waals surface area (Å²) in [4.78, 5) is 19.2. The van der Waals surface area contributed by atoms with Gasteiger partial charge in [-0.2, -0.15) is 4.68 Å². The van der Waals surface area contributed by atoms with E-state index in [9.17, 15) is 4.79 Å². The van der Waals surface area contributed by atoms with Gasteiger partial charge in [0.2, 0.25) is 11.1 Å². The SMILES string of the molecule is Cc1ccc(-n2nnnc2SCC(=O)N(C)[C@H](C)c2nc3ccccc3s2)c(C)c1. The predicted molar refractivity (Wildman–Crippen MR) is 120 cm³/mol. The average molecular weight is 439 g/mol. The Morgan fingerprint density at radius 2 is 2.03 bits per heavy atom. The summed E-state index contributed by atoms with van der Waals surface area (Å²) < 4.78 is 2.81. The molecule has 4 aromatic rings. The molecule has 2 aromatic heterocycles. The van der Waals surface area contributed by atoms with Crippen molar-refractivity contribution in [2.45, 2.75) is 32.0 Å². The minimum Gasteiger partial charge on any atom is -0.336 e. The van der Waals surface area contributed by atoms with Crippen LogP contribution in [0.25, 0.3) is 15.9 Å². The third-order valence-electron chi connectivity index (χ3n) is 4.99. The van der Waals surface area contributed by atoms with Crippen molar-refractivity contribution in [3.8, 4) is 5.69 Å². The van der Waals surface area contributed by atoms with E-state index in [-0.39, 0.29) is 17.7 Å². The van der Waals surface area contributed by atoms with Crippen LogP contribution >= 0.6 is 23.1 Å². The molecule has 9 heteroatoms. The molecule has 0 saturated heterocycles. The van der Waals surface area contributed by atoms with Crippen molar-refractivity contribution >= 4 is 39.2 Å². The van der Waals surface area contributed by atoms with E-state index in [1.54, 1.807) is 20.9 Å². The third kappa shape index (κ3) is 4.08. The second-order valence-corrected chi connectivity index (χ2v) is 9.16. The molecule has 0 aliphatic heterocycles. The number of rotatable bonds is 6. The van der Waals surface area contributed by atoms with Crippen molar-refractivity contribution in [3.63, 3.8) is 0 Å². The molecule has 7 nitrogen and oxygen atoms in total. The van der Waals surface area contributed by atoms with Crippen molar-refractivity contribution in [2.75, 3.05) is 12.8 Å². The lowest BCUT2D eigenvalue weighted by atomic mass is 10.1. The van der Waals surface area contributed by atoms with E-state index in [2.05, 4.69) is 26.6 Å². The number of carbonyl (C=O) groups excluding carboxylic acids is 1. The van der Waals surface area contributed by atoms with Gasteiger partial charge in [-0.25, -0.2) is 4.98 Å². The predicted octanol–water partition coefficient (Wildman–Crippen LogP) is 4.20. The van der Waals surface area contributed by atoms with Crippen molar-refractivity contribution in [1.82, 2.24) is 30.1 Å². The zero-order valence-corrected chi connectivity index (χ0v) is 18.9. The second kappa shape index (κ2) is 8.53. The highest BCUT2D eigenvalue weighted by atomic mass is 32.2. The van der Waals surface area contributed by atoms with Crippen LogP contribution in [0.4, 0.5) is 0 Å². The lowest BCUT2D eigenvalue weighted by Gasteiger charge is -2.23. The molecule has 0 saturated carbocycles. The monoisotopic (exact) mass is 438 g/mol. The Balaban J connectivity index is 1.45. The molecule has 0 aliphatic rings. The third-order valence-corrected chi connectivity index (χ3v) is 7.10. The molecule has 154 valence electrons. The molecule has 0 radical (unpaired) electrons. The Hall–Kier alpha value is -2.78. The van der Waals surface area contributed by atoms with Crippen LogP contribution in [0.5, 0.6) is 0 Å². The van der Waals surface area contributed by atoms with Crippen LogP contribution in [0.3, 0.4) is 0 Å². The first-order chi connectivity index (χ1) is 14.4. The molecule has 1 atom stereocenters. The number of nitrogens with zero attached hydrogens (tertiary/aromatic N) is 6. The molecular formula is C21H22N6OS2. The number of carbonyl (C=O) groups is 1. The van der Waals surface area contributed by atoms with Gasteiger partial charge in [0.1, 0.15) is 5.01 Å². The van der Waals surface area contributed by atoms with Gasteiger partial charge in [0.05, 0.1) is 27.7 Å². The van der Waals surface area contributed by atoms with Crippen LogP contribution in [0.1, 0.15) is 29.1 Å². The van der Waals surface area contributed by atoms with E-state index in [0.717, 1.165) is 26.5 Å². The van der Waals surface area contributed by atoms with E-state index in [0.29, 0.717) is 5.16 Å². The van der Waals surface area contributed by atoms with Crippen LogP contribution in [-0.4, -0.2) is 48.8 Å². The quantitative estimate of drug-likeness (QED) is 0.420. The van der Waals surface area contributed by atoms with E-state index in [4.69, 9.17) is 0 Å². The van der Waals surface area contributed by atoms with E-state index in [1.165, 1.54) is 17.3 Å². The largest absolute Gasteiger partial charge is 0.336 e. The van der Waals surface area contributed by atoms with Crippen molar-refractivity contribution in [3.05, 3.63) is 58.6 Å². The maximum atomic E-state index is 12.8. The molecule has 0 unspecified atom stereocenters. The zero-order chi connectivity index (χ0) is 21.3. The highest BCUT2D eigenvalue weighted by molar-refractivity contribution is 7.99. The molecule has 4 rings (SSSR count). The van der Waals surface area contributed by atoms with Gasteiger partial charge in [-0.3, -0.25) is 4.79 Å². The van der Waals surface area contributed by atoms with E-state index < -0.39 is 0 Å². The Bertz CT molecular complexity index is 1170. The summed E-state index contributed by atoms with van der Waals surface area (Å²) in [6.07, 6.45) is 0. The summed E-state index contributed by atoms with van der Waals surface area (Å²) in [5, 5.41) is 13.5. The summed E-state index contributed by atoms with van der Waals surface area (Å²) in [6, 6.07) is 14.0. The molecule has 0 fully saturated rings. The molecule has 1 amide bonds. The Morgan fingerprint density at radius 1 is 1.23 bits per heavy atom. The smallest absolute Gasteiger partial charge is 0.233 e. The fraction of sp³-hybridized carbons (Fsp3) is 0.286. The molecule has 2 aromatic carbocycles. The van der Waals surface area contributed by atoms with E-state index in [1.807, 2.05) is 64.2 Å². The van der Waals surface area contributed by atoms with Crippen molar-refractivity contribution in [2.24, 2.45) is 0 Å². The first-order valence-corrected chi connectivity index (χ1v) is 11.3. The normalized spacial score (nSPS) is 12.3. The summed E-state index contributed by atoms with van der Waals surface area (Å²) >= 11 is 2.96. The molecule has 30 heavy (non-hydrogen) atoms. The number of amides is 1. The lowest BCUT2D eigenvalue weighted by Crippen LogP contribution is -2.31. The fourth-order valence-electron chi connectivity index (χ4n) is 3.14.